The number of hydrogen-bond acceptors (Lipinski definition) is 5. The molecule has 1 heterocycles. The molecule has 0 radical (unpaired) electrons. The molecule has 2 amide bonds. The maximum atomic E-state index is 12.1. The van der Waals surface area contributed by atoms with Crippen LogP contribution in [0.1, 0.15) is 45.1 Å². The molecular formula is C28H30N4O4. The molecule has 8 heteroatoms. The van der Waals surface area contributed by atoms with Crippen LogP contribution in [0.4, 0.5) is 10.5 Å². The van der Waals surface area contributed by atoms with Gasteiger partial charge in [-0.1, -0.05) is 12.1 Å². The molecule has 3 aromatic rings. The molecule has 0 saturated heterocycles. The number of nitrogens with one attached hydrogen (secondary N) is 2. The van der Waals surface area contributed by atoms with Crippen molar-refractivity contribution in [3.8, 4) is 23.1 Å². The number of ether oxygens (including phenoxy) is 2. The number of aromatic nitrogens is 1. The van der Waals surface area contributed by atoms with Crippen LogP contribution in [0, 0.1) is 17.2 Å². The third kappa shape index (κ3) is 5.46. The standard InChI is InChI=1S/C28H30N4O4/c1-17(2)36-28(34)31-21-7-5-19(6-8-21)27-24(14-29)23-12-11-22(35-16-26(33)30-20-9-10-20)13-25(23)32(27)15-18-3-4-18/h5-8,11-13,17-18,20H,3-4,9-10,15-16H2,1-2H3,(H,30,33)(H,31,34). The highest BCUT2D eigenvalue weighted by atomic mass is 16.6. The van der Waals surface area contributed by atoms with Gasteiger partial charge in [-0.05, 0) is 75.3 Å². The Morgan fingerprint density at radius 1 is 1.11 bits per heavy atom. The van der Waals surface area contributed by atoms with E-state index >= 15 is 0 Å². The van der Waals surface area contributed by atoms with Crippen molar-refractivity contribution in [1.82, 2.24) is 9.88 Å². The molecule has 0 spiro atoms. The van der Waals surface area contributed by atoms with Crippen LogP contribution in [0.5, 0.6) is 5.75 Å². The highest BCUT2D eigenvalue weighted by Gasteiger charge is 2.27. The van der Waals surface area contributed by atoms with E-state index in [-0.39, 0.29) is 18.6 Å². The summed E-state index contributed by atoms with van der Waals surface area (Å²) in [5.74, 6) is 1.06. The fourth-order valence-electron chi connectivity index (χ4n) is 4.30. The largest absolute Gasteiger partial charge is 0.484 e. The number of hydrogen-bond donors (Lipinski definition) is 2. The van der Waals surface area contributed by atoms with E-state index < -0.39 is 6.09 Å². The first-order valence-corrected chi connectivity index (χ1v) is 12.5. The minimum Gasteiger partial charge on any atom is -0.484 e. The van der Waals surface area contributed by atoms with Crippen molar-refractivity contribution in [2.24, 2.45) is 5.92 Å². The molecule has 2 aromatic carbocycles. The quantitative estimate of drug-likeness (QED) is 0.432. The van der Waals surface area contributed by atoms with Crippen molar-refractivity contribution in [2.45, 2.75) is 58.2 Å². The molecule has 2 N–H and O–H groups in total. The molecule has 0 unspecified atom stereocenters. The molecule has 5 rings (SSSR count). The zero-order valence-electron chi connectivity index (χ0n) is 20.5. The molecule has 2 fully saturated rings. The number of amides is 2. The molecule has 2 aliphatic carbocycles. The van der Waals surface area contributed by atoms with E-state index in [2.05, 4.69) is 21.3 Å². The van der Waals surface area contributed by atoms with Gasteiger partial charge in [0.25, 0.3) is 5.91 Å². The second-order valence-corrected chi connectivity index (χ2v) is 9.86. The van der Waals surface area contributed by atoms with Gasteiger partial charge in [-0.2, -0.15) is 5.26 Å². The fourth-order valence-corrected chi connectivity index (χ4v) is 4.30. The van der Waals surface area contributed by atoms with Crippen LogP contribution in [0.15, 0.2) is 42.5 Å². The van der Waals surface area contributed by atoms with Gasteiger partial charge in [0, 0.05) is 29.7 Å². The molecule has 36 heavy (non-hydrogen) atoms. The lowest BCUT2D eigenvalue weighted by atomic mass is 10.1. The zero-order valence-corrected chi connectivity index (χ0v) is 20.5. The average Bonchev–Trinajstić information content (AvgIpc) is 3.77. The Bertz CT molecular complexity index is 1330. The number of carbonyl (C=O) groups is 2. The smallest absolute Gasteiger partial charge is 0.411 e. The first-order chi connectivity index (χ1) is 17.4. The Morgan fingerprint density at radius 2 is 1.86 bits per heavy atom. The van der Waals surface area contributed by atoms with Crippen molar-refractivity contribution < 1.29 is 19.1 Å². The van der Waals surface area contributed by atoms with E-state index in [1.54, 1.807) is 13.8 Å². The highest BCUT2D eigenvalue weighted by Crippen LogP contribution is 2.39. The first kappa shape index (κ1) is 23.7. The third-order valence-corrected chi connectivity index (χ3v) is 6.35. The van der Waals surface area contributed by atoms with Crippen LogP contribution in [-0.2, 0) is 16.1 Å². The van der Waals surface area contributed by atoms with E-state index in [1.807, 2.05) is 42.5 Å². The Kier molecular flexibility index (Phi) is 6.55. The van der Waals surface area contributed by atoms with Crippen molar-refractivity contribution in [1.29, 1.82) is 5.26 Å². The summed E-state index contributed by atoms with van der Waals surface area (Å²) in [6.45, 7) is 4.37. The number of fused-ring (bicyclic) bond motifs is 1. The molecule has 2 saturated carbocycles. The summed E-state index contributed by atoms with van der Waals surface area (Å²) in [6.07, 6.45) is 3.69. The minimum atomic E-state index is -0.503. The van der Waals surface area contributed by atoms with E-state index in [0.29, 0.717) is 29.0 Å². The van der Waals surface area contributed by atoms with Crippen LogP contribution in [0.3, 0.4) is 0 Å². The van der Waals surface area contributed by atoms with Crippen LogP contribution in [0.25, 0.3) is 22.2 Å². The van der Waals surface area contributed by atoms with Crippen molar-refractivity contribution in [2.75, 3.05) is 11.9 Å². The summed E-state index contributed by atoms with van der Waals surface area (Å²) in [7, 11) is 0. The van der Waals surface area contributed by atoms with E-state index in [9.17, 15) is 14.9 Å². The van der Waals surface area contributed by atoms with Crippen molar-refractivity contribution in [3.63, 3.8) is 0 Å². The summed E-state index contributed by atoms with van der Waals surface area (Å²) >= 11 is 0. The lowest BCUT2D eigenvalue weighted by Crippen LogP contribution is -2.30. The number of benzene rings is 2. The Labute approximate surface area is 210 Å². The number of nitriles is 1. The van der Waals surface area contributed by atoms with E-state index in [1.165, 1.54) is 12.8 Å². The van der Waals surface area contributed by atoms with Gasteiger partial charge in [0.2, 0.25) is 0 Å². The number of carbonyl (C=O) groups excluding carboxylic acids is 2. The van der Waals surface area contributed by atoms with Gasteiger partial charge in [0.1, 0.15) is 11.8 Å². The third-order valence-electron chi connectivity index (χ3n) is 6.35. The number of nitrogens with zero attached hydrogens (tertiary/aromatic N) is 2. The fraction of sp³-hybridized carbons (Fsp3) is 0.393. The van der Waals surface area contributed by atoms with Crippen molar-refractivity contribution in [3.05, 3.63) is 48.0 Å². The second-order valence-electron chi connectivity index (χ2n) is 9.86. The Balaban J connectivity index is 1.45. The van der Waals surface area contributed by atoms with Gasteiger partial charge in [-0.15, -0.1) is 0 Å². The summed E-state index contributed by atoms with van der Waals surface area (Å²) in [4.78, 5) is 24.0. The lowest BCUT2D eigenvalue weighted by Gasteiger charge is -2.13. The van der Waals surface area contributed by atoms with E-state index in [0.717, 1.165) is 41.5 Å². The maximum absolute atomic E-state index is 12.1. The molecule has 186 valence electrons. The van der Waals surface area contributed by atoms with Gasteiger partial charge in [-0.3, -0.25) is 10.1 Å². The molecule has 8 nitrogen and oxygen atoms in total. The first-order valence-electron chi connectivity index (χ1n) is 12.5. The molecule has 0 aliphatic heterocycles. The molecule has 0 bridgehead atoms. The zero-order chi connectivity index (χ0) is 25.2. The van der Waals surface area contributed by atoms with Gasteiger partial charge < -0.3 is 19.4 Å². The van der Waals surface area contributed by atoms with Gasteiger partial charge in [-0.25, -0.2) is 4.79 Å². The summed E-state index contributed by atoms with van der Waals surface area (Å²) in [5.41, 5.74) is 3.87. The highest BCUT2D eigenvalue weighted by molar-refractivity contribution is 5.95. The van der Waals surface area contributed by atoms with Crippen LogP contribution in [0.2, 0.25) is 0 Å². The van der Waals surface area contributed by atoms with Crippen LogP contribution >= 0.6 is 0 Å². The summed E-state index contributed by atoms with van der Waals surface area (Å²) in [6, 6.07) is 15.8. The van der Waals surface area contributed by atoms with Crippen molar-refractivity contribution >= 4 is 28.6 Å². The van der Waals surface area contributed by atoms with Gasteiger partial charge in [0.05, 0.1) is 22.9 Å². The number of anilines is 1. The maximum Gasteiger partial charge on any atom is 0.411 e. The summed E-state index contributed by atoms with van der Waals surface area (Å²) < 4.78 is 13.1. The molecule has 1 aromatic heterocycles. The van der Waals surface area contributed by atoms with Gasteiger partial charge >= 0.3 is 6.09 Å². The molecule has 2 aliphatic rings. The molecular weight excluding hydrogens is 456 g/mol. The minimum absolute atomic E-state index is 0.0307. The Hall–Kier alpha value is -3.99. The summed E-state index contributed by atoms with van der Waals surface area (Å²) in [5, 5.41) is 16.6. The van der Waals surface area contributed by atoms with Crippen LogP contribution in [-0.4, -0.2) is 35.3 Å². The van der Waals surface area contributed by atoms with E-state index in [4.69, 9.17) is 9.47 Å². The predicted molar refractivity (Wildman–Crippen MR) is 137 cm³/mol. The normalized spacial score (nSPS) is 14.9. The molecule has 0 atom stereocenters. The Morgan fingerprint density at radius 3 is 2.50 bits per heavy atom. The number of rotatable bonds is 9. The average molecular weight is 487 g/mol. The van der Waals surface area contributed by atoms with Crippen LogP contribution < -0.4 is 15.4 Å². The predicted octanol–water partition coefficient (Wildman–Crippen LogP) is 5.20. The SMILES string of the molecule is CC(C)OC(=O)Nc1ccc(-c2c(C#N)c3ccc(OCC(=O)NC4CC4)cc3n2CC2CC2)cc1. The topological polar surface area (TPSA) is 105 Å². The lowest BCUT2D eigenvalue weighted by molar-refractivity contribution is -0.123. The monoisotopic (exact) mass is 486 g/mol. The second kappa shape index (κ2) is 9.94. The van der Waals surface area contributed by atoms with Gasteiger partial charge in [0.15, 0.2) is 6.61 Å².